The number of ketones is 1. The number of carbonyl (C=O) groups is 1. The van der Waals surface area contributed by atoms with Gasteiger partial charge in [0, 0.05) is 12.0 Å². The average Bonchev–Trinajstić information content (AvgIpc) is 2.76. The largest absolute Gasteiger partial charge is 0.458 e. The SMILES string of the molecule is CCc1ccc(C(=O)c2ccc(F)cc2C)o1. The van der Waals surface area contributed by atoms with Crippen molar-refractivity contribution in [3.63, 3.8) is 0 Å². The second-order valence-electron chi connectivity index (χ2n) is 3.91. The molecule has 1 aromatic heterocycles. The Morgan fingerprint density at radius 3 is 2.65 bits per heavy atom. The van der Waals surface area contributed by atoms with Gasteiger partial charge in [-0.2, -0.15) is 0 Å². The molecule has 0 atom stereocenters. The molecule has 1 aromatic carbocycles. The first kappa shape index (κ1) is 11.6. The molecule has 2 rings (SSSR count). The molecule has 0 aliphatic rings. The molecule has 0 N–H and O–H groups in total. The summed E-state index contributed by atoms with van der Waals surface area (Å²) in [4.78, 5) is 12.1. The van der Waals surface area contributed by atoms with Gasteiger partial charge < -0.3 is 4.42 Å². The topological polar surface area (TPSA) is 30.2 Å². The van der Waals surface area contributed by atoms with Gasteiger partial charge in [-0.05, 0) is 42.8 Å². The molecule has 3 heteroatoms. The molecule has 0 saturated heterocycles. The summed E-state index contributed by atoms with van der Waals surface area (Å²) in [7, 11) is 0. The predicted octanol–water partition coefficient (Wildman–Crippen LogP) is 3.52. The third-order valence-electron chi connectivity index (χ3n) is 2.67. The van der Waals surface area contributed by atoms with Crippen LogP contribution in [0.4, 0.5) is 4.39 Å². The quantitative estimate of drug-likeness (QED) is 0.758. The van der Waals surface area contributed by atoms with Gasteiger partial charge in [0.2, 0.25) is 5.78 Å². The zero-order valence-corrected chi connectivity index (χ0v) is 9.79. The number of rotatable bonds is 3. The second kappa shape index (κ2) is 4.53. The number of furan rings is 1. The highest BCUT2D eigenvalue weighted by molar-refractivity contribution is 6.08. The van der Waals surface area contributed by atoms with Crippen molar-refractivity contribution in [1.29, 1.82) is 0 Å². The molecule has 0 unspecified atom stereocenters. The third kappa shape index (κ3) is 2.28. The summed E-state index contributed by atoms with van der Waals surface area (Å²) in [6.07, 6.45) is 0.746. The van der Waals surface area contributed by atoms with E-state index >= 15 is 0 Å². The van der Waals surface area contributed by atoms with Crippen molar-refractivity contribution in [1.82, 2.24) is 0 Å². The molecule has 0 aliphatic heterocycles. The van der Waals surface area contributed by atoms with Crippen LogP contribution in [0.3, 0.4) is 0 Å². The Balaban J connectivity index is 2.36. The summed E-state index contributed by atoms with van der Waals surface area (Å²) >= 11 is 0. The minimum Gasteiger partial charge on any atom is -0.458 e. The van der Waals surface area contributed by atoms with Crippen molar-refractivity contribution in [2.24, 2.45) is 0 Å². The van der Waals surface area contributed by atoms with E-state index in [0.29, 0.717) is 16.9 Å². The Morgan fingerprint density at radius 1 is 1.29 bits per heavy atom. The van der Waals surface area contributed by atoms with E-state index in [9.17, 15) is 9.18 Å². The lowest BCUT2D eigenvalue weighted by Crippen LogP contribution is -2.02. The third-order valence-corrected chi connectivity index (χ3v) is 2.67. The van der Waals surface area contributed by atoms with Gasteiger partial charge in [0.05, 0.1) is 0 Å². The van der Waals surface area contributed by atoms with Gasteiger partial charge in [0.15, 0.2) is 5.76 Å². The fourth-order valence-corrected chi connectivity index (χ4v) is 1.70. The summed E-state index contributed by atoms with van der Waals surface area (Å²) in [5.74, 6) is 0.527. The van der Waals surface area contributed by atoms with Crippen molar-refractivity contribution in [3.05, 3.63) is 58.8 Å². The highest BCUT2D eigenvalue weighted by Gasteiger charge is 2.15. The van der Waals surface area contributed by atoms with Crippen LogP contribution in [0, 0.1) is 12.7 Å². The first-order valence-electron chi connectivity index (χ1n) is 5.51. The van der Waals surface area contributed by atoms with Gasteiger partial charge in [-0.1, -0.05) is 6.92 Å². The van der Waals surface area contributed by atoms with Crippen molar-refractivity contribution < 1.29 is 13.6 Å². The van der Waals surface area contributed by atoms with E-state index in [2.05, 4.69) is 0 Å². The molecular formula is C14H13FO2. The summed E-state index contributed by atoms with van der Waals surface area (Å²) in [5, 5.41) is 0. The fraction of sp³-hybridized carbons (Fsp3) is 0.214. The van der Waals surface area contributed by atoms with Crippen molar-refractivity contribution >= 4 is 5.78 Å². The number of halogens is 1. The minimum atomic E-state index is -0.340. The molecule has 2 aromatic rings. The monoisotopic (exact) mass is 232 g/mol. The number of hydrogen-bond donors (Lipinski definition) is 0. The molecule has 2 nitrogen and oxygen atoms in total. The summed E-state index contributed by atoms with van der Waals surface area (Å²) in [5.41, 5.74) is 1.09. The van der Waals surface area contributed by atoms with E-state index in [1.54, 1.807) is 19.1 Å². The fourth-order valence-electron chi connectivity index (χ4n) is 1.70. The first-order valence-corrected chi connectivity index (χ1v) is 5.51. The normalized spacial score (nSPS) is 10.5. The van der Waals surface area contributed by atoms with Crippen LogP contribution in [-0.2, 0) is 6.42 Å². The van der Waals surface area contributed by atoms with E-state index in [0.717, 1.165) is 12.2 Å². The van der Waals surface area contributed by atoms with Crippen LogP contribution in [-0.4, -0.2) is 5.78 Å². The van der Waals surface area contributed by atoms with Gasteiger partial charge in [-0.3, -0.25) is 4.79 Å². The van der Waals surface area contributed by atoms with Crippen LogP contribution in [0.5, 0.6) is 0 Å². The van der Waals surface area contributed by atoms with E-state index in [1.165, 1.54) is 18.2 Å². The van der Waals surface area contributed by atoms with Gasteiger partial charge in [0.25, 0.3) is 0 Å². The van der Waals surface area contributed by atoms with Crippen LogP contribution in [0.15, 0.2) is 34.7 Å². The molecule has 0 radical (unpaired) electrons. The van der Waals surface area contributed by atoms with Crippen LogP contribution in [0.25, 0.3) is 0 Å². The molecular weight excluding hydrogens is 219 g/mol. The molecule has 88 valence electrons. The van der Waals surface area contributed by atoms with Gasteiger partial charge in [-0.15, -0.1) is 0 Å². The van der Waals surface area contributed by atoms with E-state index in [1.807, 2.05) is 6.92 Å². The molecule has 0 aliphatic carbocycles. The number of carbonyl (C=O) groups excluding carboxylic acids is 1. The Hall–Kier alpha value is -1.90. The highest BCUT2D eigenvalue weighted by Crippen LogP contribution is 2.17. The maximum atomic E-state index is 12.9. The lowest BCUT2D eigenvalue weighted by atomic mass is 10.0. The molecule has 0 spiro atoms. The molecule has 0 bridgehead atoms. The Morgan fingerprint density at radius 2 is 2.06 bits per heavy atom. The Labute approximate surface area is 99.1 Å². The molecule has 0 amide bonds. The van der Waals surface area contributed by atoms with Crippen LogP contribution >= 0.6 is 0 Å². The lowest BCUT2D eigenvalue weighted by molar-refractivity contribution is 0.101. The first-order chi connectivity index (χ1) is 8.11. The lowest BCUT2D eigenvalue weighted by Gasteiger charge is -2.02. The van der Waals surface area contributed by atoms with Gasteiger partial charge >= 0.3 is 0 Å². The van der Waals surface area contributed by atoms with E-state index in [-0.39, 0.29) is 11.6 Å². The van der Waals surface area contributed by atoms with Crippen LogP contribution in [0.1, 0.15) is 34.4 Å². The summed E-state index contributed by atoms with van der Waals surface area (Å²) in [6, 6.07) is 7.55. The zero-order chi connectivity index (χ0) is 12.4. The Kier molecular flexibility index (Phi) is 3.09. The smallest absolute Gasteiger partial charge is 0.228 e. The number of benzene rings is 1. The summed E-state index contributed by atoms with van der Waals surface area (Å²) < 4.78 is 18.3. The van der Waals surface area contributed by atoms with Crippen molar-refractivity contribution in [2.45, 2.75) is 20.3 Å². The summed E-state index contributed by atoms with van der Waals surface area (Å²) in [6.45, 7) is 3.66. The molecule has 1 heterocycles. The van der Waals surface area contributed by atoms with Crippen molar-refractivity contribution in [3.8, 4) is 0 Å². The van der Waals surface area contributed by atoms with Gasteiger partial charge in [0.1, 0.15) is 11.6 Å². The zero-order valence-electron chi connectivity index (χ0n) is 9.79. The Bertz CT molecular complexity index is 555. The van der Waals surface area contributed by atoms with Crippen LogP contribution in [0.2, 0.25) is 0 Å². The molecule has 0 fully saturated rings. The van der Waals surface area contributed by atoms with E-state index < -0.39 is 0 Å². The average molecular weight is 232 g/mol. The molecule has 17 heavy (non-hydrogen) atoms. The van der Waals surface area contributed by atoms with Crippen LogP contribution < -0.4 is 0 Å². The van der Waals surface area contributed by atoms with Gasteiger partial charge in [-0.25, -0.2) is 4.39 Å². The molecule has 0 saturated carbocycles. The van der Waals surface area contributed by atoms with E-state index in [4.69, 9.17) is 4.42 Å². The predicted molar refractivity (Wildman–Crippen MR) is 62.7 cm³/mol. The standard InChI is InChI=1S/C14H13FO2/c1-3-11-5-7-13(17-11)14(16)12-6-4-10(15)8-9(12)2/h4-8H,3H2,1-2H3. The number of hydrogen-bond acceptors (Lipinski definition) is 2. The highest BCUT2D eigenvalue weighted by atomic mass is 19.1. The maximum absolute atomic E-state index is 12.9. The maximum Gasteiger partial charge on any atom is 0.228 e. The number of aryl methyl sites for hydroxylation is 2. The minimum absolute atomic E-state index is 0.206. The van der Waals surface area contributed by atoms with Crippen molar-refractivity contribution in [2.75, 3.05) is 0 Å². The second-order valence-corrected chi connectivity index (χ2v) is 3.91.